The molecule has 0 spiro atoms. The second-order valence-electron chi connectivity index (χ2n) is 14.5. The number of ether oxygens (including phenoxy) is 1. The maximum Gasteiger partial charge on any atom is 0.407 e. The molecule has 4 atom stereocenters. The van der Waals surface area contributed by atoms with Crippen molar-refractivity contribution in [2.45, 2.75) is 49.9 Å². The van der Waals surface area contributed by atoms with E-state index in [9.17, 15) is 19.2 Å². The molecule has 0 unspecified atom stereocenters. The summed E-state index contributed by atoms with van der Waals surface area (Å²) >= 11 is 0. The monoisotopic (exact) mass is 753 g/mol. The molecule has 5 aromatic rings. The van der Waals surface area contributed by atoms with Crippen LogP contribution in [-0.2, 0) is 19.1 Å². The number of likely N-dealkylation sites (N-methyl/N-ethyl adjacent to an activating group) is 1. The average molecular weight is 754 g/mol. The lowest BCUT2D eigenvalue weighted by Gasteiger charge is -2.31. The van der Waals surface area contributed by atoms with E-state index in [1.807, 2.05) is 128 Å². The van der Waals surface area contributed by atoms with Crippen molar-refractivity contribution in [3.8, 4) is 22.4 Å². The number of aromatic nitrogens is 2. The van der Waals surface area contributed by atoms with Crippen molar-refractivity contribution in [2.75, 3.05) is 39.6 Å². The van der Waals surface area contributed by atoms with E-state index in [0.29, 0.717) is 36.6 Å². The first-order valence-electron chi connectivity index (χ1n) is 19.0. The van der Waals surface area contributed by atoms with Gasteiger partial charge in [0, 0.05) is 18.8 Å². The Bertz CT molecular complexity index is 2140. The predicted octanol–water partition coefficient (Wildman–Crippen LogP) is 6.74. The highest BCUT2D eigenvalue weighted by Gasteiger charge is 2.39. The molecule has 0 bridgehead atoms. The topological polar surface area (TPSA) is 140 Å². The van der Waals surface area contributed by atoms with Crippen LogP contribution in [-0.4, -0.2) is 88.8 Å². The Kier molecular flexibility index (Phi) is 11.6. The van der Waals surface area contributed by atoms with Gasteiger partial charge in [-0.1, -0.05) is 97.1 Å². The standard InChI is InChI=1S/C44H47N7O5/c1-49(2)39(33-14-8-5-9-15-33)43(54)51-27-11-17-37(51)41(52)46-34-24-22-30(23-25-34)29-18-20-31(21-19-29)35-28-45-40(47-35)36-16-10-26-50(36)42(53)38(48-44(55)56-3)32-12-6-4-7-13-32/h4-9,12-15,18-25,28,36-39H,10-11,16-17,26-27H2,1-3H3,(H,45,47)(H,46,52)(H,48,55)/t36-,37-,38+,39+/m0/s1. The highest BCUT2D eigenvalue weighted by atomic mass is 16.5. The fourth-order valence-corrected chi connectivity index (χ4v) is 7.81. The van der Waals surface area contributed by atoms with Crippen LogP contribution in [0, 0.1) is 0 Å². The number of nitrogens with zero attached hydrogens (tertiary/aromatic N) is 4. The van der Waals surface area contributed by atoms with Gasteiger partial charge in [-0.05, 0) is 79.7 Å². The molecular weight excluding hydrogens is 707 g/mol. The summed E-state index contributed by atoms with van der Waals surface area (Å²) in [6.45, 7) is 1.10. The van der Waals surface area contributed by atoms with Crippen molar-refractivity contribution in [3.05, 3.63) is 132 Å². The van der Waals surface area contributed by atoms with E-state index in [1.54, 1.807) is 16.0 Å². The third kappa shape index (κ3) is 8.20. The Balaban J connectivity index is 0.988. The summed E-state index contributed by atoms with van der Waals surface area (Å²) in [4.78, 5) is 66.8. The Morgan fingerprint density at radius 3 is 1.98 bits per heavy atom. The molecule has 12 heteroatoms. The van der Waals surface area contributed by atoms with Crippen LogP contribution < -0.4 is 10.6 Å². The fraction of sp³-hybridized carbons (Fsp3) is 0.295. The summed E-state index contributed by atoms with van der Waals surface area (Å²) in [5.41, 5.74) is 6.02. The molecular formula is C44H47N7O5. The van der Waals surface area contributed by atoms with E-state index in [1.165, 1.54) is 7.11 Å². The van der Waals surface area contributed by atoms with Crippen LogP contribution >= 0.6 is 0 Å². The van der Waals surface area contributed by atoms with Gasteiger partial charge in [-0.25, -0.2) is 9.78 Å². The summed E-state index contributed by atoms with van der Waals surface area (Å²) in [7, 11) is 5.05. The molecule has 2 saturated heterocycles. The van der Waals surface area contributed by atoms with Crippen LogP contribution in [0.3, 0.4) is 0 Å². The molecule has 2 aliphatic heterocycles. The van der Waals surface area contributed by atoms with Crippen molar-refractivity contribution in [1.29, 1.82) is 0 Å². The van der Waals surface area contributed by atoms with E-state index in [4.69, 9.17) is 4.74 Å². The number of nitrogens with one attached hydrogen (secondary N) is 3. The predicted molar refractivity (Wildman–Crippen MR) is 214 cm³/mol. The number of methoxy groups -OCH3 is 1. The Hall–Kier alpha value is -6.27. The molecule has 2 aliphatic rings. The second kappa shape index (κ2) is 17.0. The minimum Gasteiger partial charge on any atom is -0.453 e. The Labute approximate surface area is 326 Å². The minimum atomic E-state index is -0.883. The number of alkyl carbamates (subject to hydrolysis) is 1. The molecule has 3 heterocycles. The number of likely N-dealkylation sites (tertiary alicyclic amines) is 2. The molecule has 7 rings (SSSR count). The zero-order valence-corrected chi connectivity index (χ0v) is 31.9. The van der Waals surface area contributed by atoms with E-state index in [-0.39, 0.29) is 23.8 Å². The highest BCUT2D eigenvalue weighted by molar-refractivity contribution is 5.98. The second-order valence-corrected chi connectivity index (χ2v) is 14.5. The fourth-order valence-electron chi connectivity index (χ4n) is 7.81. The lowest BCUT2D eigenvalue weighted by Crippen LogP contribution is -2.47. The number of hydrogen-bond acceptors (Lipinski definition) is 7. The highest BCUT2D eigenvalue weighted by Crippen LogP contribution is 2.35. The van der Waals surface area contributed by atoms with Crippen molar-refractivity contribution in [2.24, 2.45) is 0 Å². The van der Waals surface area contributed by atoms with E-state index in [2.05, 4.69) is 20.6 Å². The number of benzene rings is 4. The largest absolute Gasteiger partial charge is 0.453 e. The molecule has 2 fully saturated rings. The third-order valence-corrected chi connectivity index (χ3v) is 10.7. The van der Waals surface area contributed by atoms with Gasteiger partial charge in [0.1, 0.15) is 23.9 Å². The van der Waals surface area contributed by atoms with Crippen LogP contribution in [0.4, 0.5) is 10.5 Å². The van der Waals surface area contributed by atoms with Gasteiger partial charge in [-0.3, -0.25) is 19.3 Å². The first-order chi connectivity index (χ1) is 27.2. The summed E-state index contributed by atoms with van der Waals surface area (Å²) in [5, 5.41) is 5.75. The van der Waals surface area contributed by atoms with Gasteiger partial charge in [-0.2, -0.15) is 0 Å². The lowest BCUT2D eigenvalue weighted by molar-refractivity contribution is -0.140. The maximum atomic E-state index is 13.9. The molecule has 1 aromatic heterocycles. The summed E-state index contributed by atoms with van der Waals surface area (Å²) in [5.74, 6) is 0.221. The van der Waals surface area contributed by atoms with Gasteiger partial charge < -0.3 is 30.2 Å². The van der Waals surface area contributed by atoms with Crippen molar-refractivity contribution < 1.29 is 23.9 Å². The normalized spacial score (nSPS) is 17.7. The molecule has 0 radical (unpaired) electrons. The summed E-state index contributed by atoms with van der Waals surface area (Å²) in [6.07, 6.45) is 4.07. The smallest absolute Gasteiger partial charge is 0.407 e. The summed E-state index contributed by atoms with van der Waals surface area (Å²) < 4.78 is 4.82. The maximum absolute atomic E-state index is 13.9. The van der Waals surface area contributed by atoms with E-state index >= 15 is 0 Å². The number of anilines is 1. The van der Waals surface area contributed by atoms with Crippen molar-refractivity contribution >= 4 is 29.5 Å². The summed E-state index contributed by atoms with van der Waals surface area (Å²) in [6, 6.07) is 32.5. The number of H-pyrrole nitrogens is 1. The SMILES string of the molecule is COC(=O)N[C@@H](C(=O)N1CCC[C@H]1c1ncc(-c2ccc(-c3ccc(NC(=O)[C@@H]4CCCN4C(=O)[C@@H](c4ccccc4)N(C)C)cc3)cc2)[nH]1)c1ccccc1. The van der Waals surface area contributed by atoms with Gasteiger partial charge in [0.2, 0.25) is 11.8 Å². The molecule has 3 N–H and O–H groups in total. The van der Waals surface area contributed by atoms with Gasteiger partial charge in [-0.15, -0.1) is 0 Å². The zero-order chi connectivity index (χ0) is 39.2. The van der Waals surface area contributed by atoms with E-state index in [0.717, 1.165) is 47.2 Å². The van der Waals surface area contributed by atoms with Crippen molar-refractivity contribution in [1.82, 2.24) is 30.0 Å². The van der Waals surface area contributed by atoms with Crippen LogP contribution in [0.1, 0.15) is 60.8 Å². The average Bonchev–Trinajstić information content (AvgIpc) is 4.03. The first kappa shape index (κ1) is 38.0. The Morgan fingerprint density at radius 2 is 1.34 bits per heavy atom. The number of amides is 4. The molecule has 4 amide bonds. The number of rotatable bonds is 11. The number of aromatic amines is 1. The van der Waals surface area contributed by atoms with Gasteiger partial charge in [0.15, 0.2) is 0 Å². The van der Waals surface area contributed by atoms with Crippen LogP contribution in [0.2, 0.25) is 0 Å². The number of carbonyl (C=O) groups is 4. The molecule has 288 valence electrons. The lowest BCUT2D eigenvalue weighted by atomic mass is 10.0. The van der Waals surface area contributed by atoms with Gasteiger partial charge >= 0.3 is 6.09 Å². The molecule has 12 nitrogen and oxygen atoms in total. The van der Waals surface area contributed by atoms with Crippen LogP contribution in [0.15, 0.2) is 115 Å². The third-order valence-electron chi connectivity index (χ3n) is 10.7. The number of imidazole rings is 1. The van der Waals surface area contributed by atoms with Crippen LogP contribution in [0.5, 0.6) is 0 Å². The van der Waals surface area contributed by atoms with Gasteiger partial charge in [0.25, 0.3) is 5.91 Å². The van der Waals surface area contributed by atoms with E-state index < -0.39 is 24.2 Å². The first-order valence-corrected chi connectivity index (χ1v) is 19.0. The molecule has 4 aromatic carbocycles. The Morgan fingerprint density at radius 1 is 0.750 bits per heavy atom. The van der Waals surface area contributed by atoms with Crippen molar-refractivity contribution in [3.63, 3.8) is 0 Å². The quantitative estimate of drug-likeness (QED) is 0.136. The minimum absolute atomic E-state index is 0.0680. The number of hydrogen-bond donors (Lipinski definition) is 3. The molecule has 0 aliphatic carbocycles. The van der Waals surface area contributed by atoms with Crippen LogP contribution in [0.25, 0.3) is 22.4 Å². The molecule has 0 saturated carbocycles. The molecule has 56 heavy (non-hydrogen) atoms. The van der Waals surface area contributed by atoms with Gasteiger partial charge in [0.05, 0.1) is 25.0 Å². The number of carbonyl (C=O) groups excluding carboxylic acids is 4. The zero-order valence-electron chi connectivity index (χ0n) is 31.9.